The van der Waals surface area contributed by atoms with Gasteiger partial charge < -0.3 is 10.2 Å². The minimum Gasteiger partial charge on any atom is -0.369 e. The summed E-state index contributed by atoms with van der Waals surface area (Å²) < 4.78 is 0. The molecule has 0 atom stereocenters. The van der Waals surface area contributed by atoms with E-state index in [0.717, 1.165) is 55.6 Å². The molecule has 23 heavy (non-hydrogen) atoms. The van der Waals surface area contributed by atoms with Crippen LogP contribution in [0.5, 0.6) is 0 Å². The minimum atomic E-state index is -0.349. The standard InChI is InChI=1S/C15H16ClN3O2S.ClH/c16-11-4-1-3-10(9-12-14(20)18-15(21)22-12)13(11)19-7-2-5-17-6-8-19;/h1,3-4,9,17H,2,5-8H2,(H,18,20,21);1H. The van der Waals surface area contributed by atoms with Crippen molar-refractivity contribution < 1.29 is 9.59 Å². The van der Waals surface area contributed by atoms with Gasteiger partial charge in [0.15, 0.2) is 0 Å². The van der Waals surface area contributed by atoms with Gasteiger partial charge in [-0.15, -0.1) is 12.4 Å². The second kappa shape index (κ2) is 8.06. The molecule has 0 unspecified atom stereocenters. The predicted octanol–water partition coefficient (Wildman–Crippen LogP) is 2.89. The van der Waals surface area contributed by atoms with Gasteiger partial charge in [0, 0.05) is 25.2 Å². The fourth-order valence-corrected chi connectivity index (χ4v) is 3.59. The van der Waals surface area contributed by atoms with Crippen LogP contribution >= 0.6 is 35.8 Å². The van der Waals surface area contributed by atoms with Crippen LogP contribution in [0.3, 0.4) is 0 Å². The number of carbonyl (C=O) groups excluding carboxylic acids is 2. The van der Waals surface area contributed by atoms with Crippen molar-refractivity contribution in [2.75, 3.05) is 31.1 Å². The van der Waals surface area contributed by atoms with Crippen molar-refractivity contribution in [3.05, 3.63) is 33.7 Å². The molecule has 124 valence electrons. The molecule has 2 aliphatic heterocycles. The molecule has 1 aromatic carbocycles. The lowest BCUT2D eigenvalue weighted by molar-refractivity contribution is -0.115. The average molecular weight is 374 g/mol. The van der Waals surface area contributed by atoms with E-state index in [0.29, 0.717) is 9.93 Å². The third-order valence-electron chi connectivity index (χ3n) is 3.60. The van der Waals surface area contributed by atoms with Gasteiger partial charge in [0.2, 0.25) is 0 Å². The summed E-state index contributed by atoms with van der Waals surface area (Å²) in [4.78, 5) is 25.7. The number of hydrogen-bond donors (Lipinski definition) is 2. The van der Waals surface area contributed by atoms with Crippen LogP contribution in [0.15, 0.2) is 23.1 Å². The SMILES string of the molecule is Cl.O=C1NC(=O)C(=Cc2cccc(Cl)c2N2CCCNCC2)S1. The number of benzene rings is 1. The molecule has 0 bridgehead atoms. The Morgan fingerprint density at radius 1 is 1.22 bits per heavy atom. The van der Waals surface area contributed by atoms with Crippen molar-refractivity contribution in [1.29, 1.82) is 0 Å². The lowest BCUT2D eigenvalue weighted by atomic mass is 10.1. The van der Waals surface area contributed by atoms with Crippen LogP contribution in [-0.4, -0.2) is 37.3 Å². The third-order valence-corrected chi connectivity index (χ3v) is 4.72. The number of rotatable bonds is 2. The van der Waals surface area contributed by atoms with E-state index in [1.54, 1.807) is 6.08 Å². The Balaban J connectivity index is 0.00000192. The Labute approximate surface area is 150 Å². The zero-order valence-corrected chi connectivity index (χ0v) is 14.7. The molecule has 2 fully saturated rings. The molecule has 0 aromatic heterocycles. The molecule has 1 aromatic rings. The predicted molar refractivity (Wildman–Crippen MR) is 97.5 cm³/mol. The van der Waals surface area contributed by atoms with Crippen molar-refractivity contribution in [3.8, 4) is 0 Å². The maximum atomic E-state index is 11.7. The smallest absolute Gasteiger partial charge is 0.290 e. The summed E-state index contributed by atoms with van der Waals surface area (Å²) in [6, 6.07) is 5.63. The number of anilines is 1. The fourth-order valence-electron chi connectivity index (χ4n) is 2.61. The molecule has 0 saturated carbocycles. The van der Waals surface area contributed by atoms with Gasteiger partial charge >= 0.3 is 0 Å². The van der Waals surface area contributed by atoms with Gasteiger partial charge in [0.1, 0.15) is 0 Å². The van der Waals surface area contributed by atoms with Crippen molar-refractivity contribution in [2.45, 2.75) is 6.42 Å². The summed E-state index contributed by atoms with van der Waals surface area (Å²) in [5.74, 6) is -0.349. The van der Waals surface area contributed by atoms with E-state index >= 15 is 0 Å². The van der Waals surface area contributed by atoms with Crippen LogP contribution in [0.4, 0.5) is 10.5 Å². The number of nitrogens with zero attached hydrogens (tertiary/aromatic N) is 1. The van der Waals surface area contributed by atoms with Crippen molar-refractivity contribution >= 4 is 58.7 Å². The number of imide groups is 1. The van der Waals surface area contributed by atoms with E-state index in [1.807, 2.05) is 18.2 Å². The lowest BCUT2D eigenvalue weighted by Crippen LogP contribution is -2.28. The minimum absolute atomic E-state index is 0. The number of halogens is 2. The maximum Gasteiger partial charge on any atom is 0.290 e. The first-order chi connectivity index (χ1) is 10.6. The highest BCUT2D eigenvalue weighted by atomic mass is 35.5. The summed E-state index contributed by atoms with van der Waals surface area (Å²) in [6.45, 7) is 3.66. The normalized spacial score (nSPS) is 20.2. The van der Waals surface area contributed by atoms with Crippen molar-refractivity contribution in [1.82, 2.24) is 10.6 Å². The Kier molecular flexibility index (Phi) is 6.35. The number of nitrogens with one attached hydrogen (secondary N) is 2. The Hall–Kier alpha value is -1.21. The van der Waals surface area contributed by atoms with Crippen molar-refractivity contribution in [3.63, 3.8) is 0 Å². The average Bonchev–Trinajstić information content (AvgIpc) is 2.69. The Morgan fingerprint density at radius 3 is 2.78 bits per heavy atom. The second-order valence-corrected chi connectivity index (χ2v) is 6.54. The fraction of sp³-hybridized carbons (Fsp3) is 0.333. The van der Waals surface area contributed by atoms with Gasteiger partial charge in [-0.2, -0.15) is 0 Å². The monoisotopic (exact) mass is 373 g/mol. The molecular weight excluding hydrogens is 357 g/mol. The summed E-state index contributed by atoms with van der Waals surface area (Å²) in [5.41, 5.74) is 1.79. The lowest BCUT2D eigenvalue weighted by Gasteiger charge is -2.25. The zero-order chi connectivity index (χ0) is 15.5. The topological polar surface area (TPSA) is 61.4 Å². The van der Waals surface area contributed by atoms with Crippen LogP contribution in [-0.2, 0) is 4.79 Å². The molecule has 2 heterocycles. The first kappa shape index (κ1) is 18.1. The Morgan fingerprint density at radius 2 is 2.04 bits per heavy atom. The van der Waals surface area contributed by atoms with E-state index < -0.39 is 0 Å². The third kappa shape index (κ3) is 4.20. The molecule has 8 heteroatoms. The molecule has 2 saturated heterocycles. The molecule has 5 nitrogen and oxygen atoms in total. The number of amides is 2. The van der Waals surface area contributed by atoms with E-state index in [1.165, 1.54) is 0 Å². The summed E-state index contributed by atoms with van der Waals surface area (Å²) in [5, 5.41) is 5.95. The summed E-state index contributed by atoms with van der Waals surface area (Å²) in [7, 11) is 0. The zero-order valence-electron chi connectivity index (χ0n) is 12.3. The van der Waals surface area contributed by atoms with Gasteiger partial charge in [-0.1, -0.05) is 23.7 Å². The molecule has 0 aliphatic carbocycles. The first-order valence-electron chi connectivity index (χ1n) is 7.14. The van der Waals surface area contributed by atoms with Crippen LogP contribution in [0, 0.1) is 0 Å². The van der Waals surface area contributed by atoms with Crippen LogP contribution < -0.4 is 15.5 Å². The van der Waals surface area contributed by atoms with Gasteiger partial charge in [0.25, 0.3) is 11.1 Å². The van der Waals surface area contributed by atoms with Crippen LogP contribution in [0.25, 0.3) is 6.08 Å². The number of para-hydroxylation sites is 1. The molecule has 2 amide bonds. The number of hydrogen-bond acceptors (Lipinski definition) is 5. The molecule has 2 N–H and O–H groups in total. The molecular formula is C15H17Cl2N3O2S. The quantitative estimate of drug-likeness (QED) is 0.780. The Bertz CT molecular complexity index is 644. The molecule has 0 radical (unpaired) electrons. The summed E-state index contributed by atoms with van der Waals surface area (Å²) in [6.07, 6.45) is 2.78. The first-order valence-corrected chi connectivity index (χ1v) is 8.33. The molecule has 2 aliphatic rings. The highest BCUT2D eigenvalue weighted by molar-refractivity contribution is 8.18. The van der Waals surface area contributed by atoms with Crippen LogP contribution in [0.2, 0.25) is 5.02 Å². The van der Waals surface area contributed by atoms with E-state index in [4.69, 9.17) is 11.6 Å². The van der Waals surface area contributed by atoms with E-state index in [9.17, 15) is 9.59 Å². The van der Waals surface area contributed by atoms with Crippen molar-refractivity contribution in [2.24, 2.45) is 0 Å². The second-order valence-electron chi connectivity index (χ2n) is 5.12. The van der Waals surface area contributed by atoms with Gasteiger partial charge in [-0.05, 0) is 36.9 Å². The molecule has 3 rings (SSSR count). The summed E-state index contributed by atoms with van der Waals surface area (Å²) >= 11 is 7.32. The largest absolute Gasteiger partial charge is 0.369 e. The molecule has 0 spiro atoms. The van der Waals surface area contributed by atoms with E-state index in [2.05, 4.69) is 15.5 Å². The number of thioether (sulfide) groups is 1. The van der Waals surface area contributed by atoms with Gasteiger partial charge in [-0.25, -0.2) is 0 Å². The number of carbonyl (C=O) groups is 2. The highest BCUT2D eigenvalue weighted by Gasteiger charge is 2.26. The highest BCUT2D eigenvalue weighted by Crippen LogP contribution is 2.34. The van der Waals surface area contributed by atoms with Gasteiger partial charge in [-0.3, -0.25) is 14.9 Å². The maximum absolute atomic E-state index is 11.7. The van der Waals surface area contributed by atoms with Crippen LogP contribution in [0.1, 0.15) is 12.0 Å². The van der Waals surface area contributed by atoms with Gasteiger partial charge in [0.05, 0.1) is 15.6 Å². The van der Waals surface area contributed by atoms with E-state index in [-0.39, 0.29) is 23.6 Å².